The molecule has 1 fully saturated rings. The first-order valence-corrected chi connectivity index (χ1v) is 13.6. The largest absolute Gasteiger partial charge is 0.401 e. The summed E-state index contributed by atoms with van der Waals surface area (Å²) in [5.74, 6) is -2.00. The number of fused-ring (bicyclic) bond motifs is 1. The maximum atomic E-state index is 15.5. The molecule has 0 bridgehead atoms. The number of nitrogens with zero attached hydrogens (tertiary/aromatic N) is 2. The SMILES string of the molecule is CCSNc1ccc2c(c1F)C[C@@H](C)N(CC(F)(F)F)[C@@H]2c1c(F)cc(NC2CN(CCCF)C2)cc1F. The summed E-state index contributed by atoms with van der Waals surface area (Å²) in [4.78, 5) is 2.99. The van der Waals surface area contributed by atoms with E-state index in [0.29, 0.717) is 31.8 Å². The summed E-state index contributed by atoms with van der Waals surface area (Å²) in [6.07, 6.45) is -4.26. The lowest BCUT2D eigenvalue weighted by molar-refractivity contribution is -0.155. The van der Waals surface area contributed by atoms with Gasteiger partial charge in [0, 0.05) is 42.7 Å². The van der Waals surface area contributed by atoms with E-state index in [2.05, 4.69) is 10.0 Å². The van der Waals surface area contributed by atoms with Crippen molar-refractivity contribution >= 4 is 23.3 Å². The second-order valence-electron chi connectivity index (χ2n) is 9.77. The summed E-state index contributed by atoms with van der Waals surface area (Å²) in [5.41, 5.74) is 0.0400. The molecular weight excluding hydrogens is 533 g/mol. The van der Waals surface area contributed by atoms with Crippen molar-refractivity contribution in [1.29, 1.82) is 0 Å². The van der Waals surface area contributed by atoms with Crippen LogP contribution in [0.15, 0.2) is 24.3 Å². The van der Waals surface area contributed by atoms with Crippen LogP contribution in [0.4, 0.5) is 42.1 Å². The maximum absolute atomic E-state index is 15.5. The van der Waals surface area contributed by atoms with Gasteiger partial charge in [-0.3, -0.25) is 14.2 Å². The zero-order valence-corrected chi connectivity index (χ0v) is 22.0. The Morgan fingerprint density at radius 1 is 1.08 bits per heavy atom. The zero-order chi connectivity index (χ0) is 27.6. The Kier molecular flexibility index (Phi) is 9.03. The Hall–Kier alpha value is -2.18. The Balaban J connectivity index is 1.68. The van der Waals surface area contributed by atoms with E-state index in [-0.39, 0.29) is 35.0 Å². The van der Waals surface area contributed by atoms with Crippen LogP contribution in [-0.2, 0) is 6.42 Å². The van der Waals surface area contributed by atoms with Crippen molar-refractivity contribution in [2.24, 2.45) is 0 Å². The van der Waals surface area contributed by atoms with Gasteiger partial charge in [0.15, 0.2) is 5.82 Å². The fourth-order valence-corrected chi connectivity index (χ4v) is 5.70. The van der Waals surface area contributed by atoms with E-state index in [9.17, 15) is 17.6 Å². The van der Waals surface area contributed by atoms with E-state index in [1.54, 1.807) is 0 Å². The molecule has 2 aliphatic heterocycles. The summed E-state index contributed by atoms with van der Waals surface area (Å²) in [6.45, 7) is 3.32. The average Bonchev–Trinajstić information content (AvgIpc) is 2.81. The second-order valence-corrected chi connectivity index (χ2v) is 10.8. The first-order valence-electron chi connectivity index (χ1n) is 12.6. The molecule has 0 amide bonds. The Bertz CT molecular complexity index is 1100. The minimum absolute atomic E-state index is 0.0382. The maximum Gasteiger partial charge on any atom is 0.401 e. The number of hydrogen-bond acceptors (Lipinski definition) is 5. The molecule has 4 rings (SSSR count). The van der Waals surface area contributed by atoms with Crippen LogP contribution in [0, 0.1) is 17.5 Å². The number of alkyl halides is 4. The summed E-state index contributed by atoms with van der Waals surface area (Å²) >= 11 is 1.26. The first kappa shape index (κ1) is 28.8. The number of hydrogen-bond donors (Lipinski definition) is 2. The molecule has 38 heavy (non-hydrogen) atoms. The number of anilines is 2. The minimum Gasteiger partial charge on any atom is -0.380 e. The van der Waals surface area contributed by atoms with Crippen LogP contribution in [0.5, 0.6) is 0 Å². The molecule has 0 spiro atoms. The minimum atomic E-state index is -4.63. The molecule has 2 aliphatic rings. The number of benzene rings is 2. The van der Waals surface area contributed by atoms with Crippen LogP contribution in [0.2, 0.25) is 0 Å². The molecule has 210 valence electrons. The molecule has 1 saturated heterocycles. The first-order chi connectivity index (χ1) is 18.0. The highest BCUT2D eigenvalue weighted by atomic mass is 32.2. The lowest BCUT2D eigenvalue weighted by Gasteiger charge is -2.43. The van der Waals surface area contributed by atoms with Crippen molar-refractivity contribution in [1.82, 2.24) is 9.80 Å². The van der Waals surface area contributed by atoms with Crippen LogP contribution in [-0.4, -0.2) is 66.7 Å². The van der Waals surface area contributed by atoms with Gasteiger partial charge in [-0.2, -0.15) is 13.2 Å². The van der Waals surface area contributed by atoms with Crippen molar-refractivity contribution in [2.75, 3.05) is 48.6 Å². The summed E-state index contributed by atoms with van der Waals surface area (Å²) in [5, 5.41) is 3.03. The fourth-order valence-electron chi connectivity index (χ4n) is 5.24. The molecular formula is C26H31F7N4S. The highest BCUT2D eigenvalue weighted by molar-refractivity contribution is 8.00. The quantitative estimate of drug-likeness (QED) is 0.253. The molecule has 12 heteroatoms. The van der Waals surface area contributed by atoms with Crippen molar-refractivity contribution in [3.8, 4) is 0 Å². The smallest absolute Gasteiger partial charge is 0.380 e. The van der Waals surface area contributed by atoms with Gasteiger partial charge < -0.3 is 10.0 Å². The summed E-state index contributed by atoms with van der Waals surface area (Å²) in [6, 6.07) is 2.59. The molecule has 0 saturated carbocycles. The average molecular weight is 565 g/mol. The molecule has 4 nitrogen and oxygen atoms in total. The summed E-state index contributed by atoms with van der Waals surface area (Å²) in [7, 11) is 0. The van der Waals surface area contributed by atoms with Crippen LogP contribution in [0.25, 0.3) is 0 Å². The number of rotatable bonds is 10. The van der Waals surface area contributed by atoms with E-state index in [1.807, 2.05) is 11.8 Å². The zero-order valence-electron chi connectivity index (χ0n) is 21.1. The highest BCUT2D eigenvalue weighted by Gasteiger charge is 2.43. The van der Waals surface area contributed by atoms with Gasteiger partial charge in [-0.15, -0.1) is 0 Å². The third kappa shape index (κ3) is 6.34. The summed E-state index contributed by atoms with van der Waals surface area (Å²) < 4.78 is 102. The van der Waals surface area contributed by atoms with Crippen molar-refractivity contribution < 1.29 is 30.7 Å². The van der Waals surface area contributed by atoms with Crippen LogP contribution >= 0.6 is 11.9 Å². The van der Waals surface area contributed by atoms with Crippen LogP contribution < -0.4 is 10.0 Å². The lowest BCUT2D eigenvalue weighted by atomic mass is 9.84. The standard InChI is InChI=1S/C26H31F7N4S/c1-3-38-35-22-6-5-18-19(24(22)30)9-15(2)37(14-26(31,32)33)25(18)23-20(28)10-16(11-21(23)29)34-17-12-36(13-17)8-4-7-27/h5-6,10-11,15,17,25,34-35H,3-4,7-9,12-14H2,1-2H3/t15-,25+/m1/s1. The topological polar surface area (TPSA) is 30.5 Å². The van der Waals surface area contributed by atoms with Crippen LogP contribution in [0.1, 0.15) is 43.0 Å². The third-order valence-corrected chi connectivity index (χ3v) is 7.60. The number of halogens is 7. The van der Waals surface area contributed by atoms with Gasteiger partial charge in [-0.25, -0.2) is 13.2 Å². The molecule has 2 N–H and O–H groups in total. The van der Waals surface area contributed by atoms with Gasteiger partial charge in [0.05, 0.1) is 31.0 Å². The fraction of sp³-hybridized carbons (Fsp3) is 0.538. The molecule has 2 atom stereocenters. The van der Waals surface area contributed by atoms with Gasteiger partial charge in [0.1, 0.15) is 11.6 Å². The van der Waals surface area contributed by atoms with E-state index < -0.39 is 54.5 Å². The third-order valence-electron chi connectivity index (χ3n) is 6.95. The molecule has 0 aliphatic carbocycles. The molecule has 0 radical (unpaired) electrons. The van der Waals surface area contributed by atoms with Gasteiger partial charge in [0.25, 0.3) is 0 Å². The van der Waals surface area contributed by atoms with Crippen LogP contribution in [0.3, 0.4) is 0 Å². The second kappa shape index (κ2) is 11.9. The van der Waals surface area contributed by atoms with Gasteiger partial charge in [-0.1, -0.05) is 24.9 Å². The van der Waals surface area contributed by atoms with Gasteiger partial charge >= 0.3 is 6.18 Å². The van der Waals surface area contributed by atoms with E-state index in [4.69, 9.17) is 0 Å². The Morgan fingerprint density at radius 2 is 1.76 bits per heavy atom. The molecule has 2 aromatic rings. The molecule has 2 aromatic carbocycles. The normalized spacial score (nSPS) is 20.8. The predicted octanol–water partition coefficient (Wildman–Crippen LogP) is 6.54. The van der Waals surface area contributed by atoms with E-state index in [1.165, 1.54) is 31.0 Å². The number of likely N-dealkylation sites (tertiary alicyclic amines) is 1. The van der Waals surface area contributed by atoms with Gasteiger partial charge in [0.2, 0.25) is 0 Å². The molecule has 2 heterocycles. The van der Waals surface area contributed by atoms with Gasteiger partial charge in [-0.05, 0) is 49.1 Å². The van der Waals surface area contributed by atoms with E-state index >= 15 is 13.2 Å². The van der Waals surface area contributed by atoms with E-state index in [0.717, 1.165) is 17.0 Å². The number of nitrogens with one attached hydrogen (secondary N) is 2. The molecule has 0 unspecified atom stereocenters. The Morgan fingerprint density at radius 3 is 2.37 bits per heavy atom. The highest BCUT2D eigenvalue weighted by Crippen LogP contribution is 2.44. The monoisotopic (exact) mass is 564 g/mol. The van der Waals surface area contributed by atoms with Crippen molar-refractivity contribution in [2.45, 2.75) is 51.0 Å². The lowest BCUT2D eigenvalue weighted by Crippen LogP contribution is -2.54. The van der Waals surface area contributed by atoms with Crippen molar-refractivity contribution in [3.05, 3.63) is 58.4 Å². The molecule has 0 aromatic heterocycles. The predicted molar refractivity (Wildman–Crippen MR) is 137 cm³/mol. The Labute approximate surface area is 222 Å². The van der Waals surface area contributed by atoms with Crippen molar-refractivity contribution in [3.63, 3.8) is 0 Å².